The number of nitrogens with zero attached hydrogens (tertiary/aromatic N) is 1. The lowest BCUT2D eigenvalue weighted by Gasteiger charge is -2.55. The topological polar surface area (TPSA) is 80.8 Å². The Bertz CT molecular complexity index is 1130. The molecule has 6 heteroatoms. The van der Waals surface area contributed by atoms with Gasteiger partial charge in [-0.2, -0.15) is 0 Å². The summed E-state index contributed by atoms with van der Waals surface area (Å²) in [4.78, 5) is 52.5. The fourth-order valence-corrected chi connectivity index (χ4v) is 7.02. The number of esters is 1. The van der Waals surface area contributed by atoms with Crippen LogP contribution in [0.25, 0.3) is 0 Å². The maximum Gasteiger partial charge on any atom is 0.338 e. The fourth-order valence-electron chi connectivity index (χ4n) is 7.02. The lowest BCUT2D eigenvalue weighted by atomic mass is 9.48. The van der Waals surface area contributed by atoms with E-state index in [-0.39, 0.29) is 23.4 Å². The van der Waals surface area contributed by atoms with Crippen LogP contribution in [0.1, 0.15) is 69.6 Å². The van der Waals surface area contributed by atoms with Crippen molar-refractivity contribution in [3.05, 3.63) is 65.2 Å². The number of rotatable bonds is 5. The predicted molar refractivity (Wildman–Crippen MR) is 120 cm³/mol. The van der Waals surface area contributed by atoms with E-state index in [4.69, 9.17) is 4.74 Å². The maximum absolute atomic E-state index is 13.1. The van der Waals surface area contributed by atoms with Crippen LogP contribution in [0.5, 0.6) is 0 Å². The van der Waals surface area contributed by atoms with Crippen LogP contribution in [-0.4, -0.2) is 30.2 Å². The minimum absolute atomic E-state index is 0.0476. The number of ether oxygens (including phenoxy) is 1. The highest BCUT2D eigenvalue weighted by molar-refractivity contribution is 6.34. The number of hydrogen-bond donors (Lipinski definition) is 0. The van der Waals surface area contributed by atoms with E-state index in [0.29, 0.717) is 34.6 Å². The summed E-state index contributed by atoms with van der Waals surface area (Å²) in [5, 5.41) is 0. The molecule has 4 bridgehead atoms. The molecule has 4 aliphatic carbocycles. The van der Waals surface area contributed by atoms with Gasteiger partial charge in [-0.25, -0.2) is 9.69 Å². The fraction of sp³-hybridized carbons (Fsp3) is 0.407. The van der Waals surface area contributed by atoms with Crippen LogP contribution in [0.15, 0.2) is 48.5 Å². The lowest BCUT2D eigenvalue weighted by Crippen LogP contribution is -2.51. The minimum Gasteiger partial charge on any atom is -0.454 e. The number of anilines is 1. The molecule has 1 heterocycles. The molecule has 1 aliphatic heterocycles. The number of Topliss-reactive ketones (excluding diaryl/α,β-unsaturated/α-hetero) is 1. The van der Waals surface area contributed by atoms with Gasteiger partial charge in [0.15, 0.2) is 12.4 Å². The monoisotopic (exact) mass is 443 g/mol. The van der Waals surface area contributed by atoms with Gasteiger partial charge in [0, 0.05) is 5.41 Å². The van der Waals surface area contributed by atoms with Gasteiger partial charge in [-0.1, -0.05) is 18.2 Å². The van der Waals surface area contributed by atoms with E-state index in [9.17, 15) is 19.2 Å². The van der Waals surface area contributed by atoms with Crippen LogP contribution in [-0.2, 0) is 9.53 Å². The number of benzene rings is 2. The molecule has 2 aromatic rings. The van der Waals surface area contributed by atoms with E-state index in [1.54, 1.807) is 42.5 Å². The SMILES string of the molecule is O=C(OCC(=O)C12CC3CC(CC(C3)C1)C2)c1cccc(N2C(=O)c3ccccc3C2=O)c1. The van der Waals surface area contributed by atoms with Crippen LogP contribution in [0.4, 0.5) is 5.69 Å². The molecule has 6 nitrogen and oxygen atoms in total. The molecule has 0 spiro atoms. The zero-order valence-corrected chi connectivity index (χ0v) is 18.3. The van der Waals surface area contributed by atoms with E-state index in [1.807, 2.05) is 0 Å². The van der Waals surface area contributed by atoms with Crippen molar-refractivity contribution < 1.29 is 23.9 Å². The summed E-state index contributed by atoms with van der Waals surface area (Å²) < 4.78 is 5.44. The Hall–Kier alpha value is -3.28. The molecular weight excluding hydrogens is 418 g/mol. The van der Waals surface area contributed by atoms with Crippen LogP contribution >= 0.6 is 0 Å². The van der Waals surface area contributed by atoms with E-state index in [1.165, 1.54) is 25.3 Å². The number of hydrogen-bond acceptors (Lipinski definition) is 5. The van der Waals surface area contributed by atoms with Crippen molar-refractivity contribution in [2.75, 3.05) is 11.5 Å². The Morgan fingerprint density at radius 2 is 1.42 bits per heavy atom. The summed E-state index contributed by atoms with van der Waals surface area (Å²) >= 11 is 0. The molecule has 0 radical (unpaired) electrons. The summed E-state index contributed by atoms with van der Waals surface area (Å²) in [5.41, 5.74) is 0.899. The molecule has 0 N–H and O–H groups in total. The first-order valence-corrected chi connectivity index (χ1v) is 11.7. The largest absolute Gasteiger partial charge is 0.454 e. The van der Waals surface area contributed by atoms with E-state index in [0.717, 1.165) is 24.2 Å². The van der Waals surface area contributed by atoms with Crippen molar-refractivity contribution in [1.29, 1.82) is 0 Å². The number of amides is 2. The van der Waals surface area contributed by atoms with E-state index >= 15 is 0 Å². The van der Waals surface area contributed by atoms with Crippen molar-refractivity contribution in [2.45, 2.75) is 38.5 Å². The Morgan fingerprint density at radius 1 is 0.848 bits per heavy atom. The molecule has 5 aliphatic rings. The Labute approximate surface area is 191 Å². The summed E-state index contributed by atoms with van der Waals surface area (Å²) in [6.45, 7) is -0.220. The second kappa shape index (κ2) is 7.37. The molecule has 7 rings (SSSR count). The van der Waals surface area contributed by atoms with Gasteiger partial charge >= 0.3 is 5.97 Å². The molecule has 168 valence electrons. The third-order valence-corrected chi connectivity index (χ3v) is 8.10. The molecule has 4 fully saturated rings. The predicted octanol–water partition coefficient (Wildman–Crippen LogP) is 4.43. The molecule has 0 saturated heterocycles. The molecular formula is C27H25NO5. The highest BCUT2D eigenvalue weighted by Crippen LogP contribution is 2.60. The van der Waals surface area contributed by atoms with Crippen LogP contribution in [0, 0.1) is 23.2 Å². The Kier molecular flexibility index (Phi) is 4.54. The van der Waals surface area contributed by atoms with Crippen molar-refractivity contribution in [2.24, 2.45) is 23.2 Å². The van der Waals surface area contributed by atoms with Gasteiger partial charge in [0.05, 0.1) is 22.4 Å². The second-order valence-electron chi connectivity index (χ2n) is 10.2. The third-order valence-electron chi connectivity index (χ3n) is 8.10. The molecule has 0 unspecified atom stereocenters. The molecule has 0 atom stereocenters. The average molecular weight is 443 g/mol. The van der Waals surface area contributed by atoms with Crippen molar-refractivity contribution in [1.82, 2.24) is 0 Å². The minimum atomic E-state index is -0.619. The van der Waals surface area contributed by atoms with Gasteiger partial charge in [-0.15, -0.1) is 0 Å². The zero-order valence-electron chi connectivity index (χ0n) is 18.3. The first-order valence-electron chi connectivity index (χ1n) is 11.7. The van der Waals surface area contributed by atoms with E-state index in [2.05, 4.69) is 0 Å². The highest BCUT2D eigenvalue weighted by Gasteiger charge is 2.54. The number of carbonyl (C=O) groups excluding carboxylic acids is 4. The summed E-state index contributed by atoms with van der Waals surface area (Å²) in [6.07, 6.45) is 6.55. The zero-order chi connectivity index (χ0) is 22.7. The van der Waals surface area contributed by atoms with Gasteiger partial charge in [0.25, 0.3) is 11.8 Å². The average Bonchev–Trinajstić information content (AvgIpc) is 3.06. The van der Waals surface area contributed by atoms with Gasteiger partial charge in [0.1, 0.15) is 0 Å². The first-order chi connectivity index (χ1) is 15.9. The third kappa shape index (κ3) is 3.23. The Morgan fingerprint density at radius 3 is 2.00 bits per heavy atom. The maximum atomic E-state index is 13.1. The standard InChI is InChI=1S/C27H25NO5/c29-23(27-12-16-8-17(13-27)10-18(9-16)14-27)15-33-26(32)19-4-3-5-20(11-19)28-24(30)21-6-1-2-7-22(21)25(28)31/h1-7,11,16-18H,8-10,12-15H2. The van der Waals surface area contributed by atoms with Crippen molar-refractivity contribution in [3.8, 4) is 0 Å². The van der Waals surface area contributed by atoms with Crippen LogP contribution in [0.2, 0.25) is 0 Å². The Balaban J connectivity index is 1.16. The van der Waals surface area contributed by atoms with Crippen LogP contribution in [0.3, 0.4) is 0 Å². The number of imide groups is 1. The molecule has 33 heavy (non-hydrogen) atoms. The van der Waals surface area contributed by atoms with Gasteiger partial charge in [0.2, 0.25) is 0 Å². The number of carbonyl (C=O) groups is 4. The van der Waals surface area contributed by atoms with Crippen molar-refractivity contribution >= 4 is 29.3 Å². The quantitative estimate of drug-likeness (QED) is 0.504. The highest BCUT2D eigenvalue weighted by atomic mass is 16.5. The smallest absolute Gasteiger partial charge is 0.338 e. The summed E-state index contributed by atoms with van der Waals surface area (Å²) in [6, 6.07) is 12.9. The molecule has 2 aromatic carbocycles. The number of ketones is 1. The van der Waals surface area contributed by atoms with Gasteiger partial charge < -0.3 is 4.74 Å². The second-order valence-corrected chi connectivity index (χ2v) is 10.2. The van der Waals surface area contributed by atoms with Crippen molar-refractivity contribution in [3.63, 3.8) is 0 Å². The van der Waals surface area contributed by atoms with Gasteiger partial charge in [-0.3, -0.25) is 14.4 Å². The van der Waals surface area contributed by atoms with Crippen LogP contribution < -0.4 is 4.90 Å². The number of fused-ring (bicyclic) bond motifs is 1. The molecule has 0 aromatic heterocycles. The lowest BCUT2D eigenvalue weighted by molar-refractivity contribution is -0.147. The van der Waals surface area contributed by atoms with E-state index < -0.39 is 17.8 Å². The van der Waals surface area contributed by atoms with Gasteiger partial charge in [-0.05, 0) is 86.6 Å². The first kappa shape index (κ1) is 20.3. The molecule has 2 amide bonds. The molecule has 4 saturated carbocycles. The summed E-state index contributed by atoms with van der Waals surface area (Å²) in [5.74, 6) is 0.529. The summed E-state index contributed by atoms with van der Waals surface area (Å²) in [7, 11) is 0. The normalized spacial score (nSPS) is 29.3.